The van der Waals surface area contributed by atoms with Crippen molar-refractivity contribution in [3.8, 4) is 5.75 Å². The van der Waals surface area contributed by atoms with Crippen LogP contribution in [0.2, 0.25) is 0 Å². The number of rotatable bonds is 5. The summed E-state index contributed by atoms with van der Waals surface area (Å²) in [7, 11) is 1.32. The normalized spacial score (nSPS) is 13.2. The van der Waals surface area contributed by atoms with Crippen LogP contribution in [0.5, 0.6) is 5.75 Å². The SMILES string of the molecule is COc1ccc(C(=O)COC(=O)c2ccc3c(c2)NC(=O)CCS3)cc1F. The number of carbonyl (C=O) groups is 3. The van der Waals surface area contributed by atoms with Gasteiger partial charge in [-0.15, -0.1) is 11.8 Å². The first-order chi connectivity index (χ1) is 13.0. The minimum Gasteiger partial charge on any atom is -0.494 e. The first kappa shape index (κ1) is 18.9. The van der Waals surface area contributed by atoms with Crippen LogP contribution in [-0.2, 0) is 9.53 Å². The van der Waals surface area contributed by atoms with E-state index in [0.717, 1.165) is 11.0 Å². The number of anilines is 1. The van der Waals surface area contributed by atoms with Crippen molar-refractivity contribution in [1.82, 2.24) is 0 Å². The second kappa shape index (κ2) is 8.22. The van der Waals surface area contributed by atoms with Crippen molar-refractivity contribution in [3.63, 3.8) is 0 Å². The fourth-order valence-electron chi connectivity index (χ4n) is 2.48. The third-order valence-corrected chi connectivity index (χ3v) is 4.96. The van der Waals surface area contributed by atoms with Crippen LogP contribution in [0.3, 0.4) is 0 Å². The molecule has 0 atom stereocenters. The molecular weight excluding hydrogens is 373 g/mol. The van der Waals surface area contributed by atoms with E-state index in [9.17, 15) is 18.8 Å². The Balaban J connectivity index is 1.66. The Bertz CT molecular complexity index is 915. The van der Waals surface area contributed by atoms with Gasteiger partial charge in [-0.1, -0.05) is 0 Å². The lowest BCUT2D eigenvalue weighted by Gasteiger charge is -2.09. The number of fused-ring (bicyclic) bond motifs is 1. The third kappa shape index (κ3) is 4.46. The molecule has 6 nitrogen and oxygen atoms in total. The minimum atomic E-state index is -0.705. The van der Waals surface area contributed by atoms with Crippen molar-refractivity contribution in [2.24, 2.45) is 0 Å². The Hall–Kier alpha value is -2.87. The molecule has 0 radical (unpaired) electrons. The van der Waals surface area contributed by atoms with E-state index in [-0.39, 0.29) is 22.8 Å². The highest BCUT2D eigenvalue weighted by molar-refractivity contribution is 7.99. The molecule has 0 spiro atoms. The minimum absolute atomic E-state index is 0.0217. The Morgan fingerprint density at radius 3 is 2.70 bits per heavy atom. The molecule has 0 saturated heterocycles. The number of amides is 1. The standard InChI is InChI=1S/C19H16FNO5S/c1-25-16-4-2-11(8-13(16)20)15(22)10-26-19(24)12-3-5-17-14(9-12)21-18(23)6-7-27-17/h2-5,8-9H,6-7,10H2,1H3,(H,21,23). The highest BCUT2D eigenvalue weighted by Gasteiger charge is 2.18. The smallest absolute Gasteiger partial charge is 0.338 e. The van der Waals surface area contributed by atoms with E-state index in [4.69, 9.17) is 9.47 Å². The van der Waals surface area contributed by atoms with Crippen molar-refractivity contribution < 1.29 is 28.2 Å². The average Bonchev–Trinajstić information content (AvgIpc) is 2.85. The lowest BCUT2D eigenvalue weighted by Crippen LogP contribution is -2.15. The summed E-state index contributed by atoms with van der Waals surface area (Å²) >= 11 is 1.52. The molecule has 1 heterocycles. The summed E-state index contributed by atoms with van der Waals surface area (Å²) in [5.74, 6) is -1.35. The van der Waals surface area contributed by atoms with Crippen molar-refractivity contribution in [2.75, 3.05) is 24.8 Å². The maximum atomic E-state index is 13.7. The summed E-state index contributed by atoms with van der Waals surface area (Å²) in [5.41, 5.74) is 0.831. The van der Waals surface area contributed by atoms with Crippen LogP contribution in [0.25, 0.3) is 0 Å². The van der Waals surface area contributed by atoms with Crippen LogP contribution in [-0.4, -0.2) is 37.1 Å². The number of esters is 1. The number of hydrogen-bond acceptors (Lipinski definition) is 6. The highest BCUT2D eigenvalue weighted by atomic mass is 32.2. The second-order valence-electron chi connectivity index (χ2n) is 5.71. The molecule has 1 N–H and O–H groups in total. The molecule has 27 heavy (non-hydrogen) atoms. The first-order valence-electron chi connectivity index (χ1n) is 8.08. The fourth-order valence-corrected chi connectivity index (χ4v) is 3.42. The number of carbonyl (C=O) groups excluding carboxylic acids is 3. The first-order valence-corrected chi connectivity index (χ1v) is 9.07. The number of ketones is 1. The second-order valence-corrected chi connectivity index (χ2v) is 6.84. The maximum Gasteiger partial charge on any atom is 0.338 e. The van der Waals surface area contributed by atoms with Crippen LogP contribution in [0.15, 0.2) is 41.3 Å². The number of benzene rings is 2. The van der Waals surface area contributed by atoms with Gasteiger partial charge in [0, 0.05) is 22.6 Å². The van der Waals surface area contributed by atoms with Crippen LogP contribution in [0.1, 0.15) is 27.1 Å². The summed E-state index contributed by atoms with van der Waals surface area (Å²) in [6.45, 7) is -0.525. The summed E-state index contributed by atoms with van der Waals surface area (Å²) < 4.78 is 23.5. The Morgan fingerprint density at radius 2 is 1.96 bits per heavy atom. The number of halogens is 1. The summed E-state index contributed by atoms with van der Waals surface area (Å²) in [6, 6.07) is 8.58. The van der Waals surface area contributed by atoms with Crippen molar-refractivity contribution in [3.05, 3.63) is 53.3 Å². The molecule has 3 rings (SSSR count). The third-order valence-electron chi connectivity index (χ3n) is 3.88. The van der Waals surface area contributed by atoms with E-state index in [2.05, 4.69) is 5.32 Å². The number of ether oxygens (including phenoxy) is 2. The number of methoxy groups -OCH3 is 1. The molecule has 140 valence electrons. The topological polar surface area (TPSA) is 81.7 Å². The molecule has 8 heteroatoms. The molecule has 1 aliphatic rings. The molecule has 0 fully saturated rings. The zero-order valence-corrected chi connectivity index (χ0v) is 15.2. The molecule has 0 unspecified atom stereocenters. The van der Waals surface area contributed by atoms with Gasteiger partial charge in [0.2, 0.25) is 5.91 Å². The largest absolute Gasteiger partial charge is 0.494 e. The monoisotopic (exact) mass is 389 g/mol. The highest BCUT2D eigenvalue weighted by Crippen LogP contribution is 2.31. The zero-order valence-electron chi connectivity index (χ0n) is 14.4. The van der Waals surface area contributed by atoms with Gasteiger partial charge in [0.15, 0.2) is 24.0 Å². The van der Waals surface area contributed by atoms with Gasteiger partial charge in [-0.3, -0.25) is 9.59 Å². The van der Waals surface area contributed by atoms with E-state index in [0.29, 0.717) is 17.9 Å². The Morgan fingerprint density at radius 1 is 1.19 bits per heavy atom. The fraction of sp³-hybridized carbons (Fsp3) is 0.211. The molecule has 0 saturated carbocycles. The van der Waals surface area contributed by atoms with Crippen LogP contribution in [0, 0.1) is 5.82 Å². The van der Waals surface area contributed by atoms with Crippen molar-refractivity contribution in [1.29, 1.82) is 0 Å². The van der Waals surface area contributed by atoms with Gasteiger partial charge >= 0.3 is 5.97 Å². The summed E-state index contributed by atoms with van der Waals surface area (Å²) in [5, 5.41) is 2.74. The zero-order chi connectivity index (χ0) is 19.4. The Kier molecular flexibility index (Phi) is 5.75. The van der Waals surface area contributed by atoms with Gasteiger partial charge in [0.25, 0.3) is 0 Å². The molecule has 2 aromatic carbocycles. The van der Waals surface area contributed by atoms with Gasteiger partial charge in [-0.05, 0) is 36.4 Å². The van der Waals surface area contributed by atoms with Crippen molar-refractivity contribution in [2.45, 2.75) is 11.3 Å². The van der Waals surface area contributed by atoms with Gasteiger partial charge in [-0.2, -0.15) is 0 Å². The van der Waals surface area contributed by atoms with Gasteiger partial charge in [0.1, 0.15) is 0 Å². The van der Waals surface area contributed by atoms with Crippen LogP contribution < -0.4 is 10.1 Å². The average molecular weight is 389 g/mol. The van der Waals surface area contributed by atoms with Gasteiger partial charge in [-0.25, -0.2) is 9.18 Å². The lowest BCUT2D eigenvalue weighted by molar-refractivity contribution is -0.115. The maximum absolute atomic E-state index is 13.7. The van der Waals surface area contributed by atoms with Crippen molar-refractivity contribution >= 4 is 35.1 Å². The van der Waals surface area contributed by atoms with E-state index >= 15 is 0 Å². The molecule has 1 amide bonds. The molecule has 0 aliphatic carbocycles. The molecule has 2 aromatic rings. The predicted molar refractivity (Wildman–Crippen MR) is 98.0 cm³/mol. The lowest BCUT2D eigenvalue weighted by atomic mass is 10.1. The molecule has 0 aromatic heterocycles. The Labute approximate surface area is 159 Å². The van der Waals surface area contributed by atoms with E-state index in [1.165, 1.54) is 37.1 Å². The number of hydrogen-bond donors (Lipinski definition) is 1. The molecular formula is C19H16FNO5S. The van der Waals surface area contributed by atoms with E-state index < -0.39 is 24.2 Å². The molecule has 1 aliphatic heterocycles. The van der Waals surface area contributed by atoms with Crippen LogP contribution in [0.4, 0.5) is 10.1 Å². The number of thioether (sulfide) groups is 1. The van der Waals surface area contributed by atoms with Gasteiger partial charge < -0.3 is 14.8 Å². The number of Topliss-reactive ketones (excluding diaryl/α,β-unsaturated/α-hetero) is 1. The molecule has 0 bridgehead atoms. The summed E-state index contributed by atoms with van der Waals surface area (Å²) in [4.78, 5) is 36.8. The van der Waals surface area contributed by atoms with Gasteiger partial charge in [0.05, 0.1) is 18.4 Å². The summed E-state index contributed by atoms with van der Waals surface area (Å²) in [6.07, 6.45) is 0.395. The predicted octanol–water partition coefficient (Wildman–Crippen LogP) is 3.31. The number of nitrogens with one attached hydrogen (secondary N) is 1. The van der Waals surface area contributed by atoms with Crippen LogP contribution >= 0.6 is 11.8 Å². The van der Waals surface area contributed by atoms with E-state index in [1.807, 2.05) is 0 Å². The van der Waals surface area contributed by atoms with E-state index in [1.54, 1.807) is 12.1 Å². The quantitative estimate of drug-likeness (QED) is 0.624.